The van der Waals surface area contributed by atoms with Gasteiger partial charge in [0.2, 0.25) is 0 Å². The largest absolute Gasteiger partial charge is 0.461 e. The predicted molar refractivity (Wildman–Crippen MR) is 76.2 cm³/mol. The van der Waals surface area contributed by atoms with Crippen LogP contribution in [0.15, 0.2) is 24.3 Å². The van der Waals surface area contributed by atoms with Gasteiger partial charge < -0.3 is 15.0 Å². The summed E-state index contributed by atoms with van der Waals surface area (Å²) in [4.78, 5) is 11.8. The maximum atomic E-state index is 11.8. The molecule has 1 heterocycles. The first-order chi connectivity index (χ1) is 9.02. The molecule has 1 atom stereocenters. The number of carbonyl (C=O) groups is 1. The maximum absolute atomic E-state index is 11.8. The fraction of sp³-hybridized carbons (Fsp3) is 0.400. The van der Waals surface area contributed by atoms with Gasteiger partial charge in [-0.2, -0.15) is 0 Å². The number of aromatic nitrogens is 1. The van der Waals surface area contributed by atoms with Crippen molar-refractivity contribution in [3.05, 3.63) is 35.5 Å². The predicted octanol–water partition coefficient (Wildman–Crippen LogP) is 2.24. The molecule has 0 aliphatic rings. The summed E-state index contributed by atoms with van der Waals surface area (Å²) in [7, 11) is 1.87. The molecule has 2 rings (SSSR count). The minimum Gasteiger partial charge on any atom is -0.461 e. The molecule has 0 aliphatic heterocycles. The van der Waals surface area contributed by atoms with Crippen LogP contribution in [-0.2, 0) is 18.2 Å². The van der Waals surface area contributed by atoms with Crippen molar-refractivity contribution >= 4 is 16.9 Å². The summed E-state index contributed by atoms with van der Waals surface area (Å²) < 4.78 is 6.92. The van der Waals surface area contributed by atoms with E-state index in [1.807, 2.05) is 30.7 Å². The van der Waals surface area contributed by atoms with Crippen LogP contribution in [0.25, 0.3) is 10.9 Å². The fourth-order valence-corrected chi connectivity index (χ4v) is 2.30. The van der Waals surface area contributed by atoms with E-state index in [-0.39, 0.29) is 12.0 Å². The van der Waals surface area contributed by atoms with Gasteiger partial charge in [-0.1, -0.05) is 6.07 Å². The third-order valence-electron chi connectivity index (χ3n) is 3.15. The quantitative estimate of drug-likeness (QED) is 0.858. The van der Waals surface area contributed by atoms with E-state index < -0.39 is 0 Å². The summed E-state index contributed by atoms with van der Waals surface area (Å²) >= 11 is 0. The molecule has 1 aromatic heterocycles. The Bertz CT molecular complexity index is 599. The Morgan fingerprint density at radius 2 is 2.16 bits per heavy atom. The second-order valence-corrected chi connectivity index (χ2v) is 4.88. The van der Waals surface area contributed by atoms with Crippen LogP contribution in [0.2, 0.25) is 0 Å². The number of hydrogen-bond acceptors (Lipinski definition) is 3. The van der Waals surface area contributed by atoms with E-state index in [1.54, 1.807) is 6.92 Å². The molecule has 0 aliphatic carbocycles. The molecule has 102 valence electrons. The van der Waals surface area contributed by atoms with Gasteiger partial charge in [-0.05, 0) is 44.0 Å². The fourth-order valence-electron chi connectivity index (χ4n) is 2.30. The average molecular weight is 260 g/mol. The molecule has 0 bridgehead atoms. The standard InChI is InChI=1S/C15H20N2O2/c1-4-19-15(18)14-9-12-8-11(7-10(2)16)5-6-13(12)17(14)3/h5-6,8-10H,4,7,16H2,1-3H3. The highest BCUT2D eigenvalue weighted by Crippen LogP contribution is 2.21. The number of carbonyl (C=O) groups excluding carboxylic acids is 1. The lowest BCUT2D eigenvalue weighted by molar-refractivity contribution is 0.0516. The monoisotopic (exact) mass is 260 g/mol. The lowest BCUT2D eigenvalue weighted by Crippen LogP contribution is -2.17. The molecule has 0 amide bonds. The number of ether oxygens (including phenoxy) is 1. The number of nitrogens with two attached hydrogens (primary N) is 1. The van der Waals surface area contributed by atoms with Gasteiger partial charge in [-0.3, -0.25) is 0 Å². The number of fused-ring (bicyclic) bond motifs is 1. The molecule has 4 nitrogen and oxygen atoms in total. The summed E-state index contributed by atoms with van der Waals surface area (Å²) in [6.07, 6.45) is 0.833. The van der Waals surface area contributed by atoms with Crippen LogP contribution >= 0.6 is 0 Å². The second kappa shape index (κ2) is 5.45. The third-order valence-corrected chi connectivity index (χ3v) is 3.15. The summed E-state index contributed by atoms with van der Waals surface area (Å²) in [6, 6.07) is 8.17. The van der Waals surface area contributed by atoms with Crippen molar-refractivity contribution in [3.63, 3.8) is 0 Å². The molecule has 2 N–H and O–H groups in total. The molecule has 4 heteroatoms. The Morgan fingerprint density at radius 1 is 1.42 bits per heavy atom. The molecule has 0 spiro atoms. The van der Waals surface area contributed by atoms with Crippen molar-refractivity contribution in [2.75, 3.05) is 6.61 Å². The lowest BCUT2D eigenvalue weighted by Gasteiger charge is -2.06. The number of benzene rings is 1. The zero-order valence-corrected chi connectivity index (χ0v) is 11.6. The van der Waals surface area contributed by atoms with E-state index in [9.17, 15) is 4.79 Å². The van der Waals surface area contributed by atoms with Crippen molar-refractivity contribution in [2.24, 2.45) is 12.8 Å². The maximum Gasteiger partial charge on any atom is 0.354 e. The first-order valence-electron chi connectivity index (χ1n) is 6.54. The van der Waals surface area contributed by atoms with Gasteiger partial charge in [-0.15, -0.1) is 0 Å². The molecule has 2 aromatic rings. The first kappa shape index (κ1) is 13.6. The highest BCUT2D eigenvalue weighted by atomic mass is 16.5. The van der Waals surface area contributed by atoms with Gasteiger partial charge in [0.1, 0.15) is 5.69 Å². The molecule has 19 heavy (non-hydrogen) atoms. The van der Waals surface area contributed by atoms with Crippen LogP contribution in [-0.4, -0.2) is 23.2 Å². The summed E-state index contributed by atoms with van der Waals surface area (Å²) in [5.74, 6) is -0.282. The Kier molecular flexibility index (Phi) is 3.90. The summed E-state index contributed by atoms with van der Waals surface area (Å²) in [5, 5.41) is 1.05. The number of rotatable bonds is 4. The van der Waals surface area contributed by atoms with Gasteiger partial charge in [0.25, 0.3) is 0 Å². The Labute approximate surface area is 113 Å². The van der Waals surface area contributed by atoms with Crippen molar-refractivity contribution in [3.8, 4) is 0 Å². The van der Waals surface area contributed by atoms with E-state index in [2.05, 4.69) is 12.1 Å². The van der Waals surface area contributed by atoms with Crippen LogP contribution in [0.5, 0.6) is 0 Å². The van der Waals surface area contributed by atoms with Crippen LogP contribution in [0.3, 0.4) is 0 Å². The Morgan fingerprint density at radius 3 is 2.79 bits per heavy atom. The minimum atomic E-state index is -0.282. The SMILES string of the molecule is CCOC(=O)c1cc2cc(CC(C)N)ccc2n1C. The zero-order valence-electron chi connectivity index (χ0n) is 11.6. The zero-order chi connectivity index (χ0) is 14.0. The van der Waals surface area contributed by atoms with Crippen LogP contribution in [0, 0.1) is 0 Å². The molecule has 1 aromatic carbocycles. The molecule has 0 saturated heterocycles. The molecular weight excluding hydrogens is 240 g/mol. The van der Waals surface area contributed by atoms with Gasteiger partial charge in [0, 0.05) is 24.0 Å². The summed E-state index contributed by atoms with van der Waals surface area (Å²) in [5.41, 5.74) is 8.60. The van der Waals surface area contributed by atoms with Gasteiger partial charge in [-0.25, -0.2) is 4.79 Å². The van der Waals surface area contributed by atoms with Crippen LogP contribution < -0.4 is 5.73 Å². The van der Waals surface area contributed by atoms with E-state index in [1.165, 1.54) is 5.56 Å². The lowest BCUT2D eigenvalue weighted by atomic mass is 10.1. The first-order valence-corrected chi connectivity index (χ1v) is 6.54. The van der Waals surface area contributed by atoms with Gasteiger partial charge in [0.15, 0.2) is 0 Å². The molecule has 0 fully saturated rings. The van der Waals surface area contributed by atoms with Gasteiger partial charge >= 0.3 is 5.97 Å². The highest BCUT2D eigenvalue weighted by Gasteiger charge is 2.14. The number of aryl methyl sites for hydroxylation is 1. The molecule has 1 unspecified atom stereocenters. The van der Waals surface area contributed by atoms with E-state index in [0.717, 1.165) is 17.3 Å². The number of nitrogens with zero attached hydrogens (tertiary/aromatic N) is 1. The van der Waals surface area contributed by atoms with E-state index in [4.69, 9.17) is 10.5 Å². The normalized spacial score (nSPS) is 12.6. The molecular formula is C15H20N2O2. The van der Waals surface area contributed by atoms with Crippen molar-refractivity contribution in [1.29, 1.82) is 0 Å². The van der Waals surface area contributed by atoms with Gasteiger partial charge in [0.05, 0.1) is 6.61 Å². The third kappa shape index (κ3) is 2.79. The molecule has 0 saturated carbocycles. The average Bonchev–Trinajstić information content (AvgIpc) is 2.66. The van der Waals surface area contributed by atoms with Crippen molar-refractivity contribution in [2.45, 2.75) is 26.3 Å². The Balaban J connectivity index is 2.42. The smallest absolute Gasteiger partial charge is 0.354 e. The van der Waals surface area contributed by atoms with Crippen LogP contribution in [0.4, 0.5) is 0 Å². The van der Waals surface area contributed by atoms with E-state index in [0.29, 0.717) is 12.3 Å². The second-order valence-electron chi connectivity index (χ2n) is 4.88. The molecule has 0 radical (unpaired) electrons. The number of esters is 1. The Hall–Kier alpha value is -1.81. The van der Waals surface area contributed by atoms with Crippen LogP contribution in [0.1, 0.15) is 29.9 Å². The van der Waals surface area contributed by atoms with Crippen molar-refractivity contribution in [1.82, 2.24) is 4.57 Å². The highest BCUT2D eigenvalue weighted by molar-refractivity contribution is 5.95. The topological polar surface area (TPSA) is 57.2 Å². The van der Waals surface area contributed by atoms with Crippen molar-refractivity contribution < 1.29 is 9.53 Å². The van der Waals surface area contributed by atoms with E-state index >= 15 is 0 Å². The number of hydrogen-bond donors (Lipinski definition) is 1. The summed E-state index contributed by atoms with van der Waals surface area (Å²) in [6.45, 7) is 4.18. The minimum absolute atomic E-state index is 0.130.